The SMILES string of the molecule is Cc1cc2ccccn2c1-c1c([N+](=O)[O-])cc([N+](=O)[O-])c2nonc12. The van der Waals surface area contributed by atoms with E-state index in [1.165, 1.54) is 0 Å². The van der Waals surface area contributed by atoms with Crippen LogP contribution in [0.1, 0.15) is 5.56 Å². The van der Waals surface area contributed by atoms with Gasteiger partial charge in [0.1, 0.15) is 5.56 Å². The molecule has 0 spiro atoms. The predicted molar refractivity (Wildman–Crippen MR) is 86.2 cm³/mol. The molecule has 0 amide bonds. The molecule has 0 saturated carbocycles. The number of aromatic nitrogens is 3. The van der Waals surface area contributed by atoms with Crippen LogP contribution in [0.4, 0.5) is 11.4 Å². The van der Waals surface area contributed by atoms with E-state index >= 15 is 0 Å². The normalized spacial score (nSPS) is 11.2. The summed E-state index contributed by atoms with van der Waals surface area (Å²) in [5, 5.41) is 30.1. The first-order valence-electron chi connectivity index (χ1n) is 7.14. The number of nitro benzene ring substituents is 2. The molecular weight excluding hydrogens is 330 g/mol. The van der Waals surface area contributed by atoms with E-state index in [1.54, 1.807) is 23.6 Å². The second kappa shape index (κ2) is 5.09. The molecule has 0 aliphatic rings. The Labute approximate surface area is 138 Å². The van der Waals surface area contributed by atoms with Crippen molar-refractivity contribution in [3.8, 4) is 11.3 Å². The van der Waals surface area contributed by atoms with Gasteiger partial charge < -0.3 is 4.40 Å². The number of rotatable bonds is 3. The maximum Gasteiger partial charge on any atom is 0.307 e. The molecule has 0 saturated heterocycles. The van der Waals surface area contributed by atoms with Crippen LogP contribution in [0.2, 0.25) is 0 Å². The fourth-order valence-corrected chi connectivity index (χ4v) is 3.00. The van der Waals surface area contributed by atoms with Crippen molar-refractivity contribution in [2.75, 3.05) is 0 Å². The van der Waals surface area contributed by atoms with Gasteiger partial charge in [0.2, 0.25) is 5.52 Å². The Morgan fingerprint density at radius 1 is 1.04 bits per heavy atom. The molecule has 124 valence electrons. The molecule has 10 heteroatoms. The van der Waals surface area contributed by atoms with E-state index in [1.807, 2.05) is 18.2 Å². The minimum atomic E-state index is -0.744. The highest BCUT2D eigenvalue weighted by atomic mass is 16.6. The van der Waals surface area contributed by atoms with Crippen LogP contribution in [0.25, 0.3) is 27.8 Å². The fourth-order valence-electron chi connectivity index (χ4n) is 3.00. The van der Waals surface area contributed by atoms with Crippen molar-refractivity contribution in [1.29, 1.82) is 0 Å². The van der Waals surface area contributed by atoms with Crippen LogP contribution in [0, 0.1) is 27.2 Å². The summed E-state index contributed by atoms with van der Waals surface area (Å²) in [6.45, 7) is 1.80. The van der Waals surface area contributed by atoms with E-state index in [2.05, 4.69) is 14.9 Å². The van der Waals surface area contributed by atoms with Crippen molar-refractivity contribution in [3.05, 3.63) is 62.3 Å². The molecule has 3 heterocycles. The maximum absolute atomic E-state index is 11.6. The molecule has 10 nitrogen and oxygen atoms in total. The van der Waals surface area contributed by atoms with Gasteiger partial charge >= 0.3 is 5.69 Å². The largest absolute Gasteiger partial charge is 0.316 e. The van der Waals surface area contributed by atoms with Crippen LogP contribution in [-0.4, -0.2) is 24.6 Å². The highest BCUT2D eigenvalue weighted by molar-refractivity contribution is 6.01. The zero-order valence-corrected chi connectivity index (χ0v) is 12.7. The third kappa shape index (κ3) is 2.04. The van der Waals surface area contributed by atoms with Crippen LogP contribution < -0.4 is 0 Å². The molecule has 0 radical (unpaired) electrons. The lowest BCUT2D eigenvalue weighted by molar-refractivity contribution is -0.392. The molecular formula is C15H9N5O5. The Kier molecular flexibility index (Phi) is 3.01. The van der Waals surface area contributed by atoms with E-state index in [0.29, 0.717) is 5.69 Å². The van der Waals surface area contributed by atoms with Crippen molar-refractivity contribution in [2.45, 2.75) is 6.92 Å². The van der Waals surface area contributed by atoms with Crippen molar-refractivity contribution in [2.24, 2.45) is 0 Å². The molecule has 0 bridgehead atoms. The molecule has 0 atom stereocenters. The zero-order chi connectivity index (χ0) is 17.7. The third-order valence-electron chi connectivity index (χ3n) is 4.00. The van der Waals surface area contributed by atoms with Crippen molar-refractivity contribution in [1.82, 2.24) is 14.7 Å². The zero-order valence-electron chi connectivity index (χ0n) is 12.7. The molecule has 25 heavy (non-hydrogen) atoms. The van der Waals surface area contributed by atoms with E-state index in [4.69, 9.17) is 0 Å². The number of benzene rings is 1. The van der Waals surface area contributed by atoms with Gasteiger partial charge in [0, 0.05) is 11.7 Å². The van der Waals surface area contributed by atoms with Crippen molar-refractivity contribution >= 4 is 27.9 Å². The van der Waals surface area contributed by atoms with E-state index in [9.17, 15) is 20.2 Å². The monoisotopic (exact) mass is 339 g/mol. The van der Waals surface area contributed by atoms with Crippen LogP contribution >= 0.6 is 0 Å². The number of pyridine rings is 1. The first kappa shape index (κ1) is 14.8. The first-order valence-corrected chi connectivity index (χ1v) is 7.14. The van der Waals surface area contributed by atoms with Crippen LogP contribution in [0.15, 0.2) is 41.2 Å². The topological polar surface area (TPSA) is 130 Å². The lowest BCUT2D eigenvalue weighted by atomic mass is 10.0. The summed E-state index contributed by atoms with van der Waals surface area (Å²) < 4.78 is 6.41. The van der Waals surface area contributed by atoms with Gasteiger partial charge in [-0.25, -0.2) is 4.63 Å². The summed E-state index contributed by atoms with van der Waals surface area (Å²) in [5.74, 6) is 0. The minimum absolute atomic E-state index is 0.0205. The molecule has 0 aliphatic carbocycles. The summed E-state index contributed by atoms with van der Waals surface area (Å²) in [4.78, 5) is 21.4. The summed E-state index contributed by atoms with van der Waals surface area (Å²) in [5.41, 5.74) is 1.13. The van der Waals surface area contributed by atoms with Crippen molar-refractivity contribution in [3.63, 3.8) is 0 Å². The molecule has 0 N–H and O–H groups in total. The summed E-state index contributed by atoms with van der Waals surface area (Å²) in [7, 11) is 0. The van der Waals surface area contributed by atoms with Gasteiger partial charge in [0.25, 0.3) is 5.69 Å². The van der Waals surface area contributed by atoms with E-state index in [-0.39, 0.29) is 16.6 Å². The highest BCUT2D eigenvalue weighted by Gasteiger charge is 2.32. The van der Waals surface area contributed by atoms with Crippen LogP contribution in [0.3, 0.4) is 0 Å². The van der Waals surface area contributed by atoms with E-state index in [0.717, 1.165) is 17.1 Å². The Balaban J connectivity index is 2.21. The van der Waals surface area contributed by atoms with Gasteiger partial charge in [-0.3, -0.25) is 20.2 Å². The average Bonchev–Trinajstić information content (AvgIpc) is 3.16. The Morgan fingerprint density at radius 3 is 2.48 bits per heavy atom. The molecule has 0 unspecified atom stereocenters. The van der Waals surface area contributed by atoms with Gasteiger partial charge in [0.05, 0.1) is 21.6 Å². The molecule has 0 aliphatic heterocycles. The molecule has 4 rings (SSSR count). The lowest BCUT2D eigenvalue weighted by Crippen LogP contribution is -2.00. The van der Waals surface area contributed by atoms with E-state index < -0.39 is 21.2 Å². The van der Waals surface area contributed by atoms with Crippen LogP contribution in [0.5, 0.6) is 0 Å². The third-order valence-corrected chi connectivity index (χ3v) is 4.00. The van der Waals surface area contributed by atoms with Gasteiger partial charge in [-0.2, -0.15) is 0 Å². The Morgan fingerprint density at radius 2 is 1.76 bits per heavy atom. The quantitative estimate of drug-likeness (QED) is 0.413. The number of nitro groups is 2. The molecule has 4 aromatic rings. The second-order valence-electron chi connectivity index (χ2n) is 5.44. The Bertz CT molecular complexity index is 1180. The number of hydrogen-bond acceptors (Lipinski definition) is 7. The lowest BCUT2D eigenvalue weighted by Gasteiger charge is -2.06. The van der Waals surface area contributed by atoms with Gasteiger partial charge in [-0.05, 0) is 41.0 Å². The Hall–Kier alpha value is -3.82. The summed E-state index contributed by atoms with van der Waals surface area (Å²) in [6.07, 6.45) is 1.75. The molecule has 0 fully saturated rings. The average molecular weight is 339 g/mol. The molecule has 3 aromatic heterocycles. The van der Waals surface area contributed by atoms with Crippen LogP contribution in [-0.2, 0) is 0 Å². The maximum atomic E-state index is 11.6. The summed E-state index contributed by atoms with van der Waals surface area (Å²) >= 11 is 0. The molecule has 1 aromatic carbocycles. The second-order valence-corrected chi connectivity index (χ2v) is 5.44. The summed E-state index contributed by atoms with van der Waals surface area (Å²) in [6, 6.07) is 8.23. The number of aryl methyl sites for hydroxylation is 1. The fraction of sp³-hybridized carbons (Fsp3) is 0.0667. The standard InChI is InChI=1S/C15H9N5O5/c1-8-6-9-4-2-3-5-18(9)15(8)12-10(19(21)22)7-11(20(23)24)13-14(12)17-25-16-13/h2-7H,1H3. The first-order chi connectivity index (χ1) is 12.0. The predicted octanol–water partition coefficient (Wildman–Crippen LogP) is 3.27. The minimum Gasteiger partial charge on any atom is -0.316 e. The highest BCUT2D eigenvalue weighted by Crippen LogP contribution is 2.42. The van der Waals surface area contributed by atoms with Gasteiger partial charge in [-0.1, -0.05) is 6.07 Å². The number of nitrogens with zero attached hydrogens (tertiary/aromatic N) is 5. The van der Waals surface area contributed by atoms with Gasteiger partial charge in [-0.15, -0.1) is 0 Å². The van der Waals surface area contributed by atoms with Crippen molar-refractivity contribution < 1.29 is 14.5 Å². The number of hydrogen-bond donors (Lipinski definition) is 0. The number of fused-ring (bicyclic) bond motifs is 2. The van der Waals surface area contributed by atoms with Gasteiger partial charge in [0.15, 0.2) is 5.52 Å². The number of non-ortho nitro benzene ring substituents is 1. The smallest absolute Gasteiger partial charge is 0.307 e.